The summed E-state index contributed by atoms with van der Waals surface area (Å²) >= 11 is 0. The Kier molecular flexibility index (Phi) is 10.5. The van der Waals surface area contributed by atoms with Crippen molar-refractivity contribution in [1.29, 1.82) is 0 Å². The van der Waals surface area contributed by atoms with Crippen molar-refractivity contribution in [3.8, 4) is 11.1 Å². The molecule has 0 unspecified atom stereocenters. The van der Waals surface area contributed by atoms with Crippen molar-refractivity contribution < 1.29 is 0 Å². The minimum Gasteiger partial charge on any atom is -0.310 e. The second-order valence-electron chi connectivity index (χ2n) is 19.2. The highest BCUT2D eigenvalue weighted by molar-refractivity contribution is 6.24. The number of hydrogen-bond donors (Lipinski definition) is 0. The van der Waals surface area contributed by atoms with Gasteiger partial charge in [0.05, 0.1) is 11.1 Å². The van der Waals surface area contributed by atoms with Crippen LogP contribution in [-0.2, 0) is 5.41 Å². The maximum absolute atomic E-state index is 2.55. The van der Waals surface area contributed by atoms with E-state index in [9.17, 15) is 0 Å². The van der Waals surface area contributed by atoms with Crippen LogP contribution in [-0.4, -0.2) is 0 Å². The largest absolute Gasteiger partial charge is 0.310 e. The van der Waals surface area contributed by atoms with Crippen molar-refractivity contribution in [3.63, 3.8) is 0 Å². The van der Waals surface area contributed by atoms with Crippen molar-refractivity contribution in [2.75, 3.05) is 9.80 Å². The van der Waals surface area contributed by atoms with Gasteiger partial charge in [0, 0.05) is 33.8 Å². The zero-order valence-corrected chi connectivity index (χ0v) is 39.6. The first-order valence-corrected chi connectivity index (χ1v) is 24.5. The van der Waals surface area contributed by atoms with Gasteiger partial charge in [0.1, 0.15) is 0 Å². The number of para-hydroxylation sites is 2. The highest BCUT2D eigenvalue weighted by Gasteiger charge is 2.49. The number of hydrogen-bond acceptors (Lipinski definition) is 2. The summed E-state index contributed by atoms with van der Waals surface area (Å²) in [6.07, 6.45) is 0. The van der Waals surface area contributed by atoms with E-state index in [1.807, 2.05) is 0 Å². The average molecular weight is 887 g/mol. The topological polar surface area (TPSA) is 6.48 Å². The van der Waals surface area contributed by atoms with Crippen LogP contribution in [0.4, 0.5) is 34.1 Å². The van der Waals surface area contributed by atoms with Gasteiger partial charge in [-0.1, -0.05) is 204 Å². The highest BCUT2D eigenvalue weighted by Crippen LogP contribution is 2.63. The lowest BCUT2D eigenvalue weighted by molar-refractivity contribution is 0.776. The van der Waals surface area contributed by atoms with Crippen LogP contribution in [0.25, 0.3) is 43.4 Å². The first-order valence-electron chi connectivity index (χ1n) is 24.5. The number of benzene rings is 11. The molecule has 0 atom stereocenters. The van der Waals surface area contributed by atoms with Gasteiger partial charge >= 0.3 is 0 Å². The molecule has 11 aromatic carbocycles. The minimum atomic E-state index is -0.703. The summed E-state index contributed by atoms with van der Waals surface area (Å²) in [6, 6.07) is 90.7. The van der Waals surface area contributed by atoms with E-state index in [0.29, 0.717) is 11.8 Å². The van der Waals surface area contributed by atoms with E-state index in [1.54, 1.807) is 0 Å². The van der Waals surface area contributed by atoms with E-state index in [1.165, 1.54) is 76.8 Å². The first kappa shape index (κ1) is 42.2. The Morgan fingerprint density at radius 3 is 1.23 bits per heavy atom. The summed E-state index contributed by atoms with van der Waals surface area (Å²) in [5.41, 5.74) is 16.4. The molecule has 0 aliphatic heterocycles. The molecule has 69 heavy (non-hydrogen) atoms. The number of anilines is 6. The fraction of sp³-hybridized carbons (Fsp3) is 0.104. The van der Waals surface area contributed by atoms with E-state index < -0.39 is 5.41 Å². The highest BCUT2D eigenvalue weighted by atomic mass is 15.1. The van der Waals surface area contributed by atoms with E-state index in [-0.39, 0.29) is 0 Å². The van der Waals surface area contributed by atoms with Gasteiger partial charge in [0.2, 0.25) is 0 Å². The molecule has 1 aliphatic rings. The fourth-order valence-electron chi connectivity index (χ4n) is 11.4. The van der Waals surface area contributed by atoms with Crippen LogP contribution in [0.15, 0.2) is 243 Å². The van der Waals surface area contributed by atoms with E-state index >= 15 is 0 Å². The maximum Gasteiger partial charge on any atom is 0.0720 e. The van der Waals surface area contributed by atoms with Gasteiger partial charge in [-0.05, 0) is 150 Å². The third-order valence-electron chi connectivity index (χ3n) is 14.6. The molecule has 2 nitrogen and oxygen atoms in total. The Bertz CT molecular complexity index is 3600. The molecule has 0 bridgehead atoms. The van der Waals surface area contributed by atoms with Gasteiger partial charge < -0.3 is 9.80 Å². The Morgan fingerprint density at radius 1 is 0.304 bits per heavy atom. The maximum atomic E-state index is 2.55. The lowest BCUT2D eigenvalue weighted by atomic mass is 9.66. The third-order valence-corrected chi connectivity index (χ3v) is 14.6. The van der Waals surface area contributed by atoms with E-state index in [0.717, 1.165) is 34.1 Å². The smallest absolute Gasteiger partial charge is 0.0720 e. The SMILES string of the molecule is CC(C)c1ccc(N(c2ccccc2)c2ccc3c4c(c5ccccc5c3c2)-c2c(cc(N(c3ccccc3)c3ccc(C(C)C)cc3)c3ccccc23)C4(c2ccccc2)c2ccccc2)cc1. The molecule has 0 saturated carbocycles. The molecule has 332 valence electrons. The van der Waals surface area contributed by atoms with Crippen LogP contribution in [0.1, 0.15) is 72.9 Å². The summed E-state index contributed by atoms with van der Waals surface area (Å²) in [6.45, 7) is 9.05. The summed E-state index contributed by atoms with van der Waals surface area (Å²) in [4.78, 5) is 4.89. The number of fused-ring (bicyclic) bond motifs is 10. The van der Waals surface area contributed by atoms with Crippen molar-refractivity contribution in [1.82, 2.24) is 0 Å². The second kappa shape index (κ2) is 17.1. The van der Waals surface area contributed by atoms with Gasteiger partial charge in [-0.3, -0.25) is 0 Å². The zero-order valence-electron chi connectivity index (χ0n) is 39.6. The standard InChI is InChI=1S/C67H54N2/c1-45(2)47-33-37-53(38-34-47)68(51-25-13-7-14-26-51)55-41-42-60-61(43-55)56-29-17-19-31-58(56)65-64-59-32-20-18-30-57(59)63(69(52-27-15-8-16-28-52)54-39-35-48(36-40-54)46(3)4)44-62(64)67(66(60)65,49-21-9-5-10-22-49)50-23-11-6-12-24-50/h5-46H,1-4H3. The van der Waals surface area contributed by atoms with E-state index in [2.05, 4.69) is 280 Å². The van der Waals surface area contributed by atoms with Crippen LogP contribution in [0.5, 0.6) is 0 Å². The molecule has 2 heteroatoms. The number of rotatable bonds is 10. The van der Waals surface area contributed by atoms with Crippen molar-refractivity contribution in [3.05, 3.63) is 276 Å². The van der Waals surface area contributed by atoms with Crippen molar-refractivity contribution in [2.45, 2.75) is 44.9 Å². The zero-order chi connectivity index (χ0) is 46.6. The average Bonchev–Trinajstić information content (AvgIpc) is 3.72. The Hall–Kier alpha value is -8.20. The molecule has 0 saturated heterocycles. The predicted octanol–water partition coefficient (Wildman–Crippen LogP) is 18.7. The van der Waals surface area contributed by atoms with Crippen LogP contribution >= 0.6 is 0 Å². The molecule has 0 heterocycles. The van der Waals surface area contributed by atoms with Gasteiger partial charge in [-0.2, -0.15) is 0 Å². The van der Waals surface area contributed by atoms with E-state index in [4.69, 9.17) is 0 Å². The van der Waals surface area contributed by atoms with Crippen LogP contribution < -0.4 is 9.80 Å². The Morgan fingerprint density at radius 2 is 0.710 bits per heavy atom. The number of nitrogens with zero attached hydrogens (tertiary/aromatic N) is 2. The summed E-state index contributed by atoms with van der Waals surface area (Å²) in [5.74, 6) is 0.877. The lowest BCUT2D eigenvalue weighted by Crippen LogP contribution is -2.29. The third kappa shape index (κ3) is 6.85. The van der Waals surface area contributed by atoms with Gasteiger partial charge in [0.25, 0.3) is 0 Å². The quantitative estimate of drug-likeness (QED) is 0.126. The molecule has 11 aromatic rings. The van der Waals surface area contributed by atoms with Gasteiger partial charge in [0.15, 0.2) is 0 Å². The molecular formula is C67H54N2. The molecule has 0 aromatic heterocycles. The minimum absolute atomic E-state index is 0.430. The lowest BCUT2D eigenvalue weighted by Gasteiger charge is -2.36. The first-order chi connectivity index (χ1) is 33.9. The fourth-order valence-corrected chi connectivity index (χ4v) is 11.4. The summed E-state index contributed by atoms with van der Waals surface area (Å²) in [7, 11) is 0. The Labute approximate surface area is 406 Å². The molecule has 0 radical (unpaired) electrons. The normalized spacial score (nSPS) is 12.7. The Balaban J connectivity index is 1.22. The second-order valence-corrected chi connectivity index (χ2v) is 19.2. The predicted molar refractivity (Wildman–Crippen MR) is 294 cm³/mol. The van der Waals surface area contributed by atoms with Gasteiger partial charge in [-0.15, -0.1) is 0 Å². The molecule has 12 rings (SSSR count). The molecule has 0 fully saturated rings. The summed E-state index contributed by atoms with van der Waals surface area (Å²) in [5, 5.41) is 7.41. The molecular weight excluding hydrogens is 833 g/mol. The van der Waals surface area contributed by atoms with Crippen LogP contribution in [0, 0.1) is 0 Å². The van der Waals surface area contributed by atoms with Gasteiger partial charge in [-0.25, -0.2) is 0 Å². The molecule has 0 spiro atoms. The van der Waals surface area contributed by atoms with Crippen LogP contribution in [0.2, 0.25) is 0 Å². The van der Waals surface area contributed by atoms with Crippen molar-refractivity contribution in [2.24, 2.45) is 0 Å². The van der Waals surface area contributed by atoms with Crippen LogP contribution in [0.3, 0.4) is 0 Å². The molecule has 0 N–H and O–H groups in total. The molecule has 0 amide bonds. The van der Waals surface area contributed by atoms with Crippen molar-refractivity contribution >= 4 is 66.4 Å². The summed E-state index contributed by atoms with van der Waals surface area (Å²) < 4.78 is 0. The molecule has 1 aliphatic carbocycles. The monoisotopic (exact) mass is 886 g/mol.